The van der Waals surface area contributed by atoms with E-state index in [0.717, 1.165) is 23.5 Å². The normalized spacial score (nSPS) is 21.4. The number of carbonyl (C=O) groups is 1. The van der Waals surface area contributed by atoms with Gasteiger partial charge in [0.15, 0.2) is 0 Å². The van der Waals surface area contributed by atoms with Crippen LogP contribution in [0.5, 0.6) is 0 Å². The third-order valence-corrected chi connectivity index (χ3v) is 5.30. The van der Waals surface area contributed by atoms with Gasteiger partial charge in [0, 0.05) is 24.4 Å². The van der Waals surface area contributed by atoms with Crippen LogP contribution in [-0.4, -0.2) is 15.7 Å². The Labute approximate surface area is 141 Å². The van der Waals surface area contributed by atoms with Gasteiger partial charge in [-0.1, -0.05) is 31.4 Å². The highest BCUT2D eigenvalue weighted by Crippen LogP contribution is 2.38. The molecular weight excluding hydrogens is 305 g/mol. The first-order chi connectivity index (χ1) is 11.7. The number of rotatable bonds is 3. The lowest BCUT2D eigenvalue weighted by molar-refractivity contribution is -0.116. The summed E-state index contributed by atoms with van der Waals surface area (Å²) in [6, 6.07) is 6.53. The molecule has 1 amide bonds. The maximum atomic E-state index is 13.6. The zero-order valence-corrected chi connectivity index (χ0v) is 13.7. The van der Waals surface area contributed by atoms with Gasteiger partial charge in [0.2, 0.25) is 5.91 Å². The average molecular weight is 327 g/mol. The molecule has 4 nitrogen and oxygen atoms in total. The number of amides is 1. The van der Waals surface area contributed by atoms with Crippen LogP contribution in [0.15, 0.2) is 30.5 Å². The number of fused-ring (bicyclic) bond motifs is 1. The van der Waals surface area contributed by atoms with E-state index in [0.29, 0.717) is 12.3 Å². The van der Waals surface area contributed by atoms with Crippen LogP contribution in [0.1, 0.15) is 55.6 Å². The molecule has 1 unspecified atom stereocenters. The van der Waals surface area contributed by atoms with E-state index in [-0.39, 0.29) is 17.6 Å². The van der Waals surface area contributed by atoms with Crippen molar-refractivity contribution in [1.82, 2.24) is 9.78 Å². The van der Waals surface area contributed by atoms with Gasteiger partial charge >= 0.3 is 0 Å². The molecule has 2 aliphatic rings. The summed E-state index contributed by atoms with van der Waals surface area (Å²) in [6.07, 6.45) is 8.54. The van der Waals surface area contributed by atoms with Gasteiger partial charge in [-0.25, -0.2) is 9.07 Å². The topological polar surface area (TPSA) is 46.9 Å². The Balaban J connectivity index is 1.64. The number of halogens is 1. The summed E-state index contributed by atoms with van der Waals surface area (Å²) in [7, 11) is 0. The van der Waals surface area contributed by atoms with Crippen LogP contribution in [-0.2, 0) is 11.3 Å². The van der Waals surface area contributed by atoms with Gasteiger partial charge < -0.3 is 5.32 Å². The third-order valence-electron chi connectivity index (χ3n) is 5.30. The number of hydrogen-bond acceptors (Lipinski definition) is 2. The zero-order valence-electron chi connectivity index (χ0n) is 13.7. The fourth-order valence-electron chi connectivity index (χ4n) is 4.04. The van der Waals surface area contributed by atoms with E-state index in [1.807, 2.05) is 16.9 Å². The van der Waals surface area contributed by atoms with E-state index in [1.165, 1.54) is 44.2 Å². The van der Waals surface area contributed by atoms with Crippen LogP contribution in [0.3, 0.4) is 0 Å². The molecule has 1 aliphatic carbocycles. The van der Waals surface area contributed by atoms with Crippen LogP contribution in [0.4, 0.5) is 10.2 Å². The van der Waals surface area contributed by atoms with E-state index in [4.69, 9.17) is 0 Å². The van der Waals surface area contributed by atoms with Gasteiger partial charge in [-0.15, -0.1) is 0 Å². The minimum absolute atomic E-state index is 0.0258. The summed E-state index contributed by atoms with van der Waals surface area (Å²) < 4.78 is 15.5. The number of benzene rings is 1. The largest absolute Gasteiger partial charge is 0.311 e. The van der Waals surface area contributed by atoms with Crippen LogP contribution in [0.25, 0.3) is 0 Å². The molecule has 1 atom stereocenters. The second-order valence-corrected chi connectivity index (χ2v) is 6.99. The van der Waals surface area contributed by atoms with Gasteiger partial charge in [0.25, 0.3) is 0 Å². The Morgan fingerprint density at radius 2 is 2.08 bits per heavy atom. The molecule has 1 aliphatic heterocycles. The first-order valence-electron chi connectivity index (χ1n) is 8.82. The summed E-state index contributed by atoms with van der Waals surface area (Å²) in [5.41, 5.74) is 1.83. The van der Waals surface area contributed by atoms with Gasteiger partial charge in [0.05, 0.1) is 6.20 Å². The minimum atomic E-state index is -0.269. The predicted octanol–water partition coefficient (Wildman–Crippen LogP) is 4.08. The Kier molecular flexibility index (Phi) is 4.08. The lowest BCUT2D eigenvalue weighted by atomic mass is 9.87. The third kappa shape index (κ3) is 2.95. The van der Waals surface area contributed by atoms with Crippen molar-refractivity contribution in [2.45, 2.75) is 51.0 Å². The van der Waals surface area contributed by atoms with Crippen molar-refractivity contribution in [2.75, 3.05) is 5.32 Å². The molecule has 2 heterocycles. The minimum Gasteiger partial charge on any atom is -0.311 e. The number of hydrogen-bond donors (Lipinski definition) is 1. The van der Waals surface area contributed by atoms with E-state index in [1.54, 1.807) is 6.07 Å². The van der Waals surface area contributed by atoms with Gasteiger partial charge in [-0.05, 0) is 36.5 Å². The fourth-order valence-corrected chi connectivity index (χ4v) is 4.04. The van der Waals surface area contributed by atoms with Gasteiger partial charge in [-0.2, -0.15) is 5.10 Å². The molecule has 5 heteroatoms. The lowest BCUT2D eigenvalue weighted by Crippen LogP contribution is -2.26. The molecule has 24 heavy (non-hydrogen) atoms. The number of carbonyl (C=O) groups excluding carboxylic acids is 1. The molecule has 0 spiro atoms. The summed E-state index contributed by atoms with van der Waals surface area (Å²) in [5.74, 6) is 1.02. The number of nitrogens with one attached hydrogen (secondary N) is 1. The van der Waals surface area contributed by atoms with Crippen molar-refractivity contribution >= 4 is 11.7 Å². The number of nitrogens with zero attached hydrogens (tertiary/aromatic N) is 2. The van der Waals surface area contributed by atoms with Crippen molar-refractivity contribution in [3.8, 4) is 0 Å². The standard InChI is InChI=1S/C19H22FN3O/c20-15-8-4-7-14(9-15)16-10-18(24)22-19-17(16)11-21-23(19)12-13-5-2-1-3-6-13/h4,7-9,11,13,16H,1-3,5-6,10,12H2,(H,22,24). The average Bonchev–Trinajstić information content (AvgIpc) is 2.98. The van der Waals surface area contributed by atoms with Crippen molar-refractivity contribution in [3.63, 3.8) is 0 Å². The summed E-state index contributed by atoms with van der Waals surface area (Å²) in [4.78, 5) is 12.2. The zero-order chi connectivity index (χ0) is 16.5. The van der Waals surface area contributed by atoms with Crippen molar-refractivity contribution in [3.05, 3.63) is 47.4 Å². The molecule has 4 rings (SSSR count). The van der Waals surface area contributed by atoms with E-state index in [9.17, 15) is 9.18 Å². The maximum Gasteiger partial charge on any atom is 0.226 e. The summed E-state index contributed by atoms with van der Waals surface area (Å²) in [5, 5.41) is 7.51. The molecule has 2 aromatic rings. The van der Waals surface area contributed by atoms with E-state index in [2.05, 4.69) is 10.4 Å². The maximum absolute atomic E-state index is 13.6. The molecule has 126 valence electrons. The van der Waals surface area contributed by atoms with E-state index < -0.39 is 0 Å². The first kappa shape index (κ1) is 15.4. The lowest BCUT2D eigenvalue weighted by Gasteiger charge is -2.26. The Bertz CT molecular complexity index is 749. The molecule has 0 radical (unpaired) electrons. The Morgan fingerprint density at radius 3 is 2.88 bits per heavy atom. The van der Waals surface area contributed by atoms with Crippen LogP contribution < -0.4 is 5.32 Å². The summed E-state index contributed by atoms with van der Waals surface area (Å²) >= 11 is 0. The highest BCUT2D eigenvalue weighted by atomic mass is 19.1. The molecule has 1 saturated carbocycles. The molecule has 1 N–H and O–H groups in total. The second kappa shape index (κ2) is 6.38. The SMILES string of the molecule is O=C1CC(c2cccc(F)c2)c2cnn(CC3CCCCC3)c2N1. The molecule has 0 saturated heterocycles. The smallest absolute Gasteiger partial charge is 0.226 e. The van der Waals surface area contributed by atoms with Crippen molar-refractivity contribution in [1.29, 1.82) is 0 Å². The molecular formula is C19H22FN3O. The summed E-state index contributed by atoms with van der Waals surface area (Å²) in [6.45, 7) is 0.853. The monoisotopic (exact) mass is 327 g/mol. The van der Waals surface area contributed by atoms with Crippen LogP contribution >= 0.6 is 0 Å². The molecule has 0 bridgehead atoms. The molecule has 1 aromatic heterocycles. The number of anilines is 1. The highest BCUT2D eigenvalue weighted by Gasteiger charge is 2.30. The van der Waals surface area contributed by atoms with Crippen LogP contribution in [0.2, 0.25) is 0 Å². The quantitative estimate of drug-likeness (QED) is 0.923. The number of aromatic nitrogens is 2. The van der Waals surface area contributed by atoms with Gasteiger partial charge in [-0.3, -0.25) is 4.79 Å². The van der Waals surface area contributed by atoms with Crippen molar-refractivity contribution < 1.29 is 9.18 Å². The molecule has 1 aromatic carbocycles. The Morgan fingerprint density at radius 1 is 1.25 bits per heavy atom. The van der Waals surface area contributed by atoms with E-state index >= 15 is 0 Å². The second-order valence-electron chi connectivity index (χ2n) is 6.99. The van der Waals surface area contributed by atoms with Crippen LogP contribution in [0, 0.1) is 11.7 Å². The molecule has 1 fully saturated rings. The van der Waals surface area contributed by atoms with Gasteiger partial charge in [0.1, 0.15) is 11.6 Å². The first-order valence-corrected chi connectivity index (χ1v) is 8.82. The van der Waals surface area contributed by atoms with Crippen molar-refractivity contribution in [2.24, 2.45) is 5.92 Å². The Hall–Kier alpha value is -2.17. The highest BCUT2D eigenvalue weighted by molar-refractivity contribution is 5.94. The predicted molar refractivity (Wildman–Crippen MR) is 90.3 cm³/mol. The fraction of sp³-hybridized carbons (Fsp3) is 0.474.